The predicted octanol–water partition coefficient (Wildman–Crippen LogP) is 1.32. The summed E-state index contributed by atoms with van der Waals surface area (Å²) in [7, 11) is 0. The van der Waals surface area contributed by atoms with Gasteiger partial charge in [-0.2, -0.15) is 0 Å². The zero-order valence-electron chi connectivity index (χ0n) is 23.1. The molecular weight excluding hydrogens is 588 g/mol. The Morgan fingerprint density at radius 2 is 1.64 bits per heavy atom. The molecule has 236 valence electrons. The number of aliphatic carboxylic acids is 2. The summed E-state index contributed by atoms with van der Waals surface area (Å²) in [5.74, 6) is -3.20. The van der Waals surface area contributed by atoms with Gasteiger partial charge in [0, 0.05) is 24.9 Å². The average Bonchev–Trinajstić information content (AvgIpc) is 2.98. The number of hydrogen-bond donors (Lipinski definition) is 5. The number of carbonyl (C=O) groups is 6. The molecule has 1 heterocycles. The number of rotatable bonds is 16. The SMILES string of the molecule is O=COCc1ccc(NC(=O)OCc2ccc(OC3CC(O)CC(C(=O)O)O3)c(C(=O)NCCC(=O)O)c2)c(COC=O)c1. The fourth-order valence-electron chi connectivity index (χ4n) is 4.09. The molecule has 1 aliphatic heterocycles. The fourth-order valence-corrected chi connectivity index (χ4v) is 4.09. The molecule has 1 fully saturated rings. The van der Waals surface area contributed by atoms with Crippen LogP contribution in [0.2, 0.25) is 0 Å². The lowest BCUT2D eigenvalue weighted by Gasteiger charge is -2.31. The minimum Gasteiger partial charge on any atom is -0.481 e. The zero-order chi connectivity index (χ0) is 32.1. The minimum atomic E-state index is -1.32. The smallest absolute Gasteiger partial charge is 0.411 e. The number of amides is 2. The van der Waals surface area contributed by atoms with Crippen molar-refractivity contribution in [1.82, 2.24) is 5.32 Å². The van der Waals surface area contributed by atoms with Crippen molar-refractivity contribution in [2.24, 2.45) is 0 Å². The van der Waals surface area contributed by atoms with Gasteiger partial charge in [-0.15, -0.1) is 0 Å². The van der Waals surface area contributed by atoms with E-state index in [9.17, 15) is 39.0 Å². The van der Waals surface area contributed by atoms with Gasteiger partial charge in [0.1, 0.15) is 25.6 Å². The van der Waals surface area contributed by atoms with Crippen LogP contribution >= 0.6 is 0 Å². The molecule has 16 nitrogen and oxygen atoms in total. The van der Waals surface area contributed by atoms with Crippen molar-refractivity contribution in [1.29, 1.82) is 0 Å². The predicted molar refractivity (Wildman–Crippen MR) is 145 cm³/mol. The first-order chi connectivity index (χ1) is 21.1. The van der Waals surface area contributed by atoms with E-state index in [4.69, 9.17) is 28.8 Å². The molecule has 0 radical (unpaired) electrons. The van der Waals surface area contributed by atoms with Crippen molar-refractivity contribution in [3.8, 4) is 5.75 Å². The molecule has 0 aromatic heterocycles. The van der Waals surface area contributed by atoms with E-state index in [1.54, 1.807) is 12.1 Å². The molecule has 1 saturated heterocycles. The molecule has 1 aliphatic rings. The van der Waals surface area contributed by atoms with Crippen molar-refractivity contribution in [2.45, 2.75) is 57.6 Å². The molecule has 0 aliphatic carbocycles. The van der Waals surface area contributed by atoms with Gasteiger partial charge < -0.3 is 44.3 Å². The quantitative estimate of drug-likeness (QED) is 0.132. The minimum absolute atomic E-state index is 0.0398. The number of carbonyl (C=O) groups excluding carboxylic acids is 4. The number of carboxylic acids is 2. The molecule has 16 heteroatoms. The van der Waals surface area contributed by atoms with Crippen molar-refractivity contribution < 1.29 is 67.8 Å². The van der Waals surface area contributed by atoms with E-state index in [0.29, 0.717) is 16.7 Å². The second kappa shape index (κ2) is 16.4. The maximum Gasteiger partial charge on any atom is 0.411 e. The van der Waals surface area contributed by atoms with E-state index in [2.05, 4.69) is 10.6 Å². The summed E-state index contributed by atoms with van der Waals surface area (Å²) >= 11 is 0. The van der Waals surface area contributed by atoms with Gasteiger partial charge in [0.05, 0.1) is 23.8 Å². The highest BCUT2D eigenvalue weighted by atomic mass is 16.7. The summed E-state index contributed by atoms with van der Waals surface area (Å²) in [5.41, 5.74) is 1.46. The van der Waals surface area contributed by atoms with Crippen LogP contribution in [0.25, 0.3) is 0 Å². The molecule has 0 saturated carbocycles. The topological polar surface area (TPSA) is 233 Å². The van der Waals surface area contributed by atoms with Crippen LogP contribution in [0.1, 0.15) is 46.3 Å². The van der Waals surface area contributed by atoms with E-state index < -0.39 is 42.4 Å². The molecule has 2 amide bonds. The highest BCUT2D eigenvalue weighted by Gasteiger charge is 2.34. The number of anilines is 1. The first-order valence-corrected chi connectivity index (χ1v) is 13.1. The van der Waals surface area contributed by atoms with E-state index in [1.807, 2.05) is 0 Å². The van der Waals surface area contributed by atoms with Crippen molar-refractivity contribution in [3.05, 3.63) is 58.7 Å². The molecule has 44 heavy (non-hydrogen) atoms. The van der Waals surface area contributed by atoms with Gasteiger partial charge in [-0.25, -0.2) is 9.59 Å². The first-order valence-electron chi connectivity index (χ1n) is 13.1. The van der Waals surface area contributed by atoms with Gasteiger partial charge in [-0.05, 0) is 35.4 Å². The average molecular weight is 619 g/mol. The van der Waals surface area contributed by atoms with Gasteiger partial charge in [0.15, 0.2) is 6.10 Å². The Morgan fingerprint density at radius 3 is 2.34 bits per heavy atom. The molecule has 3 unspecified atom stereocenters. The molecule has 0 bridgehead atoms. The van der Waals surface area contributed by atoms with E-state index in [1.165, 1.54) is 24.3 Å². The number of benzene rings is 2. The Morgan fingerprint density at radius 1 is 0.932 bits per heavy atom. The number of aliphatic hydroxyl groups is 1. The Labute approximate surface area is 249 Å². The van der Waals surface area contributed by atoms with Crippen LogP contribution < -0.4 is 15.4 Å². The summed E-state index contributed by atoms with van der Waals surface area (Å²) < 4.78 is 25.9. The fraction of sp³-hybridized carbons (Fsp3) is 0.357. The Balaban J connectivity index is 1.73. The number of nitrogens with one attached hydrogen (secondary N) is 2. The van der Waals surface area contributed by atoms with Gasteiger partial charge in [0.2, 0.25) is 6.29 Å². The van der Waals surface area contributed by atoms with Crippen LogP contribution in [-0.4, -0.2) is 77.2 Å². The summed E-state index contributed by atoms with van der Waals surface area (Å²) in [6.45, 7) is -0.254. The zero-order valence-corrected chi connectivity index (χ0v) is 23.1. The lowest BCUT2D eigenvalue weighted by atomic mass is 10.0. The lowest BCUT2D eigenvalue weighted by Crippen LogP contribution is -2.42. The maximum atomic E-state index is 12.9. The molecule has 2 aromatic carbocycles. The highest BCUT2D eigenvalue weighted by molar-refractivity contribution is 5.97. The second-order valence-electron chi connectivity index (χ2n) is 9.37. The number of aliphatic hydroxyl groups excluding tert-OH is 1. The van der Waals surface area contributed by atoms with Crippen LogP contribution in [0.15, 0.2) is 36.4 Å². The third-order valence-corrected chi connectivity index (χ3v) is 6.11. The normalized spacial score (nSPS) is 17.4. The van der Waals surface area contributed by atoms with Crippen molar-refractivity contribution >= 4 is 42.6 Å². The molecule has 5 N–H and O–H groups in total. The Hall–Kier alpha value is -5.22. The number of hydrogen-bond acceptors (Lipinski definition) is 12. The van der Waals surface area contributed by atoms with Gasteiger partial charge in [0.25, 0.3) is 18.9 Å². The monoisotopic (exact) mass is 618 g/mol. The van der Waals surface area contributed by atoms with Crippen LogP contribution in [-0.2, 0) is 57.9 Å². The Bertz CT molecular complexity index is 1360. The summed E-state index contributed by atoms with van der Waals surface area (Å²) in [4.78, 5) is 68.9. The lowest BCUT2D eigenvalue weighted by molar-refractivity contribution is -0.195. The standard InChI is InChI=1S/C28H30N2O14/c31-14-40-11-16-1-3-21(18(7-16)13-41-15-32)30-28(39)42-12-17-2-4-22(20(8-17)26(36)29-6-5-24(34)35)43-25-10-19(33)9-23(44-25)27(37)38/h1-4,7-8,14-15,19,23,25,33H,5-6,9-13H2,(H,29,36)(H,30,39)(H,34,35)(H,37,38). The second-order valence-corrected chi connectivity index (χ2v) is 9.37. The molecule has 0 spiro atoms. The van der Waals surface area contributed by atoms with Crippen molar-refractivity contribution in [3.63, 3.8) is 0 Å². The first kappa shape index (κ1) is 33.3. The summed E-state index contributed by atoms with van der Waals surface area (Å²) in [6, 6.07) is 8.79. The van der Waals surface area contributed by atoms with Gasteiger partial charge >= 0.3 is 18.0 Å². The van der Waals surface area contributed by atoms with Crippen LogP contribution in [0.4, 0.5) is 10.5 Å². The van der Waals surface area contributed by atoms with Crippen LogP contribution in [0.3, 0.4) is 0 Å². The van der Waals surface area contributed by atoms with E-state index in [0.717, 1.165) is 0 Å². The highest BCUT2D eigenvalue weighted by Crippen LogP contribution is 2.27. The van der Waals surface area contributed by atoms with E-state index >= 15 is 0 Å². The number of ether oxygens (including phenoxy) is 5. The van der Waals surface area contributed by atoms with Crippen LogP contribution in [0.5, 0.6) is 5.75 Å². The van der Waals surface area contributed by atoms with Crippen LogP contribution in [0, 0.1) is 0 Å². The van der Waals surface area contributed by atoms with Gasteiger partial charge in [-0.3, -0.25) is 24.5 Å². The van der Waals surface area contributed by atoms with Crippen molar-refractivity contribution in [2.75, 3.05) is 11.9 Å². The third-order valence-electron chi connectivity index (χ3n) is 6.11. The molecular formula is C28H30N2O14. The van der Waals surface area contributed by atoms with E-state index in [-0.39, 0.29) is 75.6 Å². The summed E-state index contributed by atoms with van der Waals surface area (Å²) in [6.07, 6.45) is -5.01. The maximum absolute atomic E-state index is 12.9. The molecule has 3 atom stereocenters. The Kier molecular flexibility index (Phi) is 12.4. The van der Waals surface area contributed by atoms with Gasteiger partial charge in [-0.1, -0.05) is 12.1 Å². The molecule has 3 rings (SSSR count). The summed E-state index contributed by atoms with van der Waals surface area (Å²) in [5, 5.41) is 33.2. The third kappa shape index (κ3) is 10.2. The number of carboxylic acid groups (broad SMARTS) is 2. The largest absolute Gasteiger partial charge is 0.481 e. The molecule has 2 aromatic rings.